The molecule has 0 bridgehead atoms. The lowest BCUT2D eigenvalue weighted by Gasteiger charge is -2.40. The lowest BCUT2D eigenvalue weighted by atomic mass is 10.0. The number of primary sulfonamides is 1. The molecule has 4 heterocycles. The fourth-order valence-corrected chi connectivity index (χ4v) is 6.24. The number of sulfonamides is 1. The molecule has 0 saturated carbocycles. The van der Waals surface area contributed by atoms with Gasteiger partial charge in [0.05, 0.1) is 11.1 Å². The maximum absolute atomic E-state index is 13.1. The minimum absolute atomic E-state index is 0.0822. The second-order valence-electron chi connectivity index (χ2n) is 9.44. The zero-order chi connectivity index (χ0) is 24.9. The normalized spacial score (nSPS) is 27.6. The monoisotopic (exact) mass is 504 g/mol. The molecule has 188 valence electrons. The highest BCUT2D eigenvalue weighted by atomic mass is 32.2. The molecule has 3 fully saturated rings. The van der Waals surface area contributed by atoms with Gasteiger partial charge in [-0.3, -0.25) is 34.3 Å². The number of hydrogen-bond acceptors (Lipinski definition) is 9. The number of carbonyl (C=O) groups is 4. The Labute approximate surface area is 202 Å². The van der Waals surface area contributed by atoms with Crippen LogP contribution >= 0.6 is 0 Å². The number of hydrogen-bond donors (Lipinski definition) is 3. The van der Waals surface area contributed by atoms with Crippen LogP contribution in [0.25, 0.3) is 0 Å². The Morgan fingerprint density at radius 3 is 2.34 bits per heavy atom. The van der Waals surface area contributed by atoms with Crippen molar-refractivity contribution in [3.05, 3.63) is 29.3 Å². The Kier molecular flexibility index (Phi) is 6.11. The molecule has 4 N–H and O–H groups in total. The SMILES string of the molecule is NS(=O)(=O)C1CNC1CCN1CCN(c2ccc3c(c2)C(=O)N(C2CCC(=O)NC2=O)C3=O)CC1. The summed E-state index contributed by atoms with van der Waals surface area (Å²) in [5.41, 5.74) is 1.36. The fraction of sp³-hybridized carbons (Fsp3) is 0.545. The highest BCUT2D eigenvalue weighted by Crippen LogP contribution is 2.31. The van der Waals surface area contributed by atoms with Crippen molar-refractivity contribution in [2.75, 3.05) is 44.2 Å². The Morgan fingerprint density at radius 1 is 1.00 bits per heavy atom. The topological polar surface area (TPSA) is 162 Å². The van der Waals surface area contributed by atoms with Crippen LogP contribution in [-0.4, -0.2) is 98.4 Å². The summed E-state index contributed by atoms with van der Waals surface area (Å²) in [6.45, 7) is 4.15. The van der Waals surface area contributed by atoms with Crippen LogP contribution in [0.4, 0.5) is 5.69 Å². The second-order valence-corrected chi connectivity index (χ2v) is 11.2. The van der Waals surface area contributed by atoms with Gasteiger partial charge in [0.2, 0.25) is 21.8 Å². The summed E-state index contributed by atoms with van der Waals surface area (Å²) in [5, 5.41) is 10.1. The lowest BCUT2D eigenvalue weighted by molar-refractivity contribution is -0.136. The maximum atomic E-state index is 13.1. The number of benzene rings is 1. The predicted octanol–water partition coefficient (Wildman–Crippen LogP) is -1.77. The molecule has 35 heavy (non-hydrogen) atoms. The van der Waals surface area contributed by atoms with Crippen molar-refractivity contribution in [1.29, 1.82) is 0 Å². The number of carbonyl (C=O) groups excluding carboxylic acids is 4. The van der Waals surface area contributed by atoms with Gasteiger partial charge in [-0.05, 0) is 37.6 Å². The number of piperazine rings is 1. The molecule has 3 atom stereocenters. The summed E-state index contributed by atoms with van der Waals surface area (Å²) in [7, 11) is -3.52. The van der Waals surface area contributed by atoms with Crippen LogP contribution in [0.2, 0.25) is 0 Å². The summed E-state index contributed by atoms with van der Waals surface area (Å²) in [5.74, 6) is -2.06. The van der Waals surface area contributed by atoms with Crippen LogP contribution in [0, 0.1) is 0 Å². The van der Waals surface area contributed by atoms with Gasteiger partial charge < -0.3 is 10.2 Å². The third-order valence-corrected chi connectivity index (χ3v) is 8.71. The van der Waals surface area contributed by atoms with Gasteiger partial charge >= 0.3 is 0 Å². The van der Waals surface area contributed by atoms with Crippen molar-refractivity contribution in [2.45, 2.75) is 36.6 Å². The highest BCUT2D eigenvalue weighted by molar-refractivity contribution is 7.89. The van der Waals surface area contributed by atoms with Gasteiger partial charge in [0.15, 0.2) is 0 Å². The Bertz CT molecular complexity index is 1190. The minimum atomic E-state index is -3.52. The molecule has 0 spiro atoms. The van der Waals surface area contributed by atoms with Crippen LogP contribution in [0.3, 0.4) is 0 Å². The largest absolute Gasteiger partial charge is 0.369 e. The van der Waals surface area contributed by atoms with E-state index in [1.807, 2.05) is 6.07 Å². The number of anilines is 1. The molecule has 3 saturated heterocycles. The smallest absolute Gasteiger partial charge is 0.262 e. The molecule has 13 heteroatoms. The average molecular weight is 505 g/mol. The fourth-order valence-electron chi connectivity index (χ4n) is 5.22. The molecule has 0 radical (unpaired) electrons. The van der Waals surface area contributed by atoms with E-state index in [1.54, 1.807) is 12.1 Å². The lowest BCUT2D eigenvalue weighted by Crippen LogP contribution is -2.63. The molecule has 1 aromatic carbocycles. The van der Waals surface area contributed by atoms with E-state index in [9.17, 15) is 27.6 Å². The van der Waals surface area contributed by atoms with Gasteiger partial charge in [-0.25, -0.2) is 13.6 Å². The zero-order valence-electron chi connectivity index (χ0n) is 19.1. The van der Waals surface area contributed by atoms with Gasteiger partial charge in [0.1, 0.15) is 11.3 Å². The number of imide groups is 2. The van der Waals surface area contributed by atoms with Crippen LogP contribution in [0.15, 0.2) is 18.2 Å². The van der Waals surface area contributed by atoms with Gasteiger partial charge in [0.25, 0.3) is 11.8 Å². The van der Waals surface area contributed by atoms with Crippen LogP contribution in [-0.2, 0) is 19.6 Å². The molecular weight excluding hydrogens is 476 g/mol. The van der Waals surface area contributed by atoms with E-state index in [-0.39, 0.29) is 30.0 Å². The first kappa shape index (κ1) is 23.9. The number of rotatable bonds is 6. The van der Waals surface area contributed by atoms with Gasteiger partial charge in [-0.15, -0.1) is 0 Å². The van der Waals surface area contributed by atoms with Gasteiger partial charge in [-0.2, -0.15) is 0 Å². The van der Waals surface area contributed by atoms with Crippen LogP contribution < -0.4 is 20.7 Å². The zero-order valence-corrected chi connectivity index (χ0v) is 19.9. The van der Waals surface area contributed by atoms with E-state index >= 15 is 0 Å². The third-order valence-electron chi connectivity index (χ3n) is 7.37. The minimum Gasteiger partial charge on any atom is -0.369 e. The first-order valence-corrected chi connectivity index (χ1v) is 13.3. The number of fused-ring (bicyclic) bond motifs is 1. The van der Waals surface area contributed by atoms with Gasteiger partial charge in [0, 0.05) is 50.9 Å². The van der Waals surface area contributed by atoms with E-state index < -0.39 is 44.9 Å². The Balaban J connectivity index is 1.19. The molecule has 12 nitrogen and oxygen atoms in total. The third kappa shape index (κ3) is 4.44. The standard InChI is InChI=1S/C22H28N6O6S/c23-35(33,34)18-12-24-16(18)5-6-26-7-9-27(10-8-26)13-1-2-14-15(11-13)22(32)28(21(14)31)17-3-4-19(29)25-20(17)30/h1-2,11,16-18,24H,3-10,12H2,(H2,23,33,34)(H,25,29,30). The highest BCUT2D eigenvalue weighted by Gasteiger charge is 2.45. The molecular formula is C22H28N6O6S. The molecule has 4 amide bonds. The molecule has 3 unspecified atom stereocenters. The Hall–Kier alpha value is -2.87. The number of nitrogens with two attached hydrogens (primary N) is 1. The first-order chi connectivity index (χ1) is 16.6. The summed E-state index contributed by atoms with van der Waals surface area (Å²) < 4.78 is 23.1. The van der Waals surface area contributed by atoms with Crippen molar-refractivity contribution in [3.8, 4) is 0 Å². The van der Waals surface area contributed by atoms with E-state index in [1.165, 1.54) is 0 Å². The van der Waals surface area contributed by atoms with Crippen molar-refractivity contribution in [2.24, 2.45) is 5.14 Å². The van der Waals surface area contributed by atoms with E-state index in [0.29, 0.717) is 26.1 Å². The number of piperidine rings is 1. The van der Waals surface area contributed by atoms with Crippen LogP contribution in [0.5, 0.6) is 0 Å². The quantitative estimate of drug-likeness (QED) is 0.381. The number of nitrogens with zero attached hydrogens (tertiary/aromatic N) is 3. The Morgan fingerprint density at radius 2 is 1.71 bits per heavy atom. The van der Waals surface area contributed by atoms with Crippen molar-refractivity contribution >= 4 is 39.3 Å². The first-order valence-electron chi connectivity index (χ1n) is 11.7. The van der Waals surface area contributed by atoms with Crippen molar-refractivity contribution in [3.63, 3.8) is 0 Å². The summed E-state index contributed by atoms with van der Waals surface area (Å²) >= 11 is 0. The molecule has 0 aromatic heterocycles. The maximum Gasteiger partial charge on any atom is 0.262 e. The van der Waals surface area contributed by atoms with Crippen molar-refractivity contribution < 1.29 is 27.6 Å². The second kappa shape index (κ2) is 8.97. The number of amides is 4. The molecule has 0 aliphatic carbocycles. The van der Waals surface area contributed by atoms with E-state index in [2.05, 4.69) is 20.4 Å². The molecule has 4 aliphatic heterocycles. The summed E-state index contributed by atoms with van der Waals surface area (Å²) in [4.78, 5) is 55.0. The predicted molar refractivity (Wildman–Crippen MR) is 125 cm³/mol. The van der Waals surface area contributed by atoms with E-state index in [4.69, 9.17) is 5.14 Å². The number of nitrogens with one attached hydrogen (secondary N) is 2. The van der Waals surface area contributed by atoms with E-state index in [0.717, 1.165) is 30.2 Å². The van der Waals surface area contributed by atoms with Crippen LogP contribution in [0.1, 0.15) is 40.0 Å². The molecule has 1 aromatic rings. The molecule has 4 aliphatic rings. The van der Waals surface area contributed by atoms with Gasteiger partial charge in [-0.1, -0.05) is 0 Å². The molecule has 5 rings (SSSR count). The summed E-state index contributed by atoms with van der Waals surface area (Å²) in [6, 6.07) is 4.04. The average Bonchev–Trinajstić information content (AvgIpc) is 3.02. The summed E-state index contributed by atoms with van der Waals surface area (Å²) in [6.07, 6.45) is 0.908. The van der Waals surface area contributed by atoms with Crippen molar-refractivity contribution in [1.82, 2.24) is 20.4 Å².